The number of hydrogen-bond donors (Lipinski definition) is 1. The Kier molecular flexibility index (Phi) is 3.30. The van der Waals surface area contributed by atoms with Crippen molar-refractivity contribution in [2.75, 3.05) is 5.75 Å². The zero-order chi connectivity index (χ0) is 11.0. The van der Waals surface area contributed by atoms with Gasteiger partial charge in [-0.3, -0.25) is 0 Å². The zero-order valence-corrected chi connectivity index (χ0v) is 11.0. The van der Waals surface area contributed by atoms with Crippen LogP contribution in [0.1, 0.15) is 39.0 Å². The summed E-state index contributed by atoms with van der Waals surface area (Å²) in [5.41, 5.74) is 0. The van der Waals surface area contributed by atoms with E-state index in [1.54, 1.807) is 0 Å². The quantitative estimate of drug-likeness (QED) is 0.754. The van der Waals surface area contributed by atoms with Gasteiger partial charge >= 0.3 is 0 Å². The normalized spacial score (nSPS) is 45.7. The second-order valence-electron chi connectivity index (χ2n) is 5.54. The molecule has 0 aromatic heterocycles. The largest absolute Gasteiger partial charge is 0.310 e. The Hall–Kier alpha value is 0.0500. The van der Waals surface area contributed by atoms with E-state index in [1.807, 2.05) is 0 Å². The third kappa shape index (κ3) is 1.95. The molecule has 2 fully saturated rings. The Labute approximate surface area is 103 Å². The molecule has 0 aromatic carbocycles. The van der Waals surface area contributed by atoms with Crippen molar-refractivity contribution < 1.29 is 0 Å². The van der Waals surface area contributed by atoms with Gasteiger partial charge in [-0.1, -0.05) is 25.5 Å². The van der Waals surface area contributed by atoms with Crippen LogP contribution >= 0.6 is 11.8 Å². The fraction of sp³-hybridized carbons (Fsp3) is 0.857. The topological polar surface area (TPSA) is 12.0 Å². The fourth-order valence-corrected chi connectivity index (χ4v) is 4.92. The second-order valence-corrected chi connectivity index (χ2v) is 7.06. The van der Waals surface area contributed by atoms with Crippen molar-refractivity contribution in [1.29, 1.82) is 0 Å². The van der Waals surface area contributed by atoms with Crippen LogP contribution in [-0.2, 0) is 0 Å². The molecule has 0 radical (unpaired) electrons. The Bertz CT molecular complexity index is 276. The van der Waals surface area contributed by atoms with Crippen molar-refractivity contribution in [1.82, 2.24) is 5.32 Å². The van der Waals surface area contributed by atoms with Gasteiger partial charge in [-0.2, -0.15) is 11.8 Å². The highest BCUT2D eigenvalue weighted by atomic mass is 32.2. The van der Waals surface area contributed by atoms with Crippen LogP contribution in [-0.4, -0.2) is 23.1 Å². The second kappa shape index (κ2) is 4.73. The van der Waals surface area contributed by atoms with Crippen molar-refractivity contribution >= 4 is 11.8 Å². The number of fused-ring (bicyclic) bond motifs is 1. The van der Waals surface area contributed by atoms with Gasteiger partial charge in [0.1, 0.15) is 0 Å². The lowest BCUT2D eigenvalue weighted by atomic mass is 9.71. The number of rotatable bonds is 4. The van der Waals surface area contributed by atoms with Crippen LogP contribution in [0.3, 0.4) is 0 Å². The fourth-order valence-electron chi connectivity index (χ4n) is 3.71. The van der Waals surface area contributed by atoms with E-state index in [0.717, 1.165) is 29.2 Å². The van der Waals surface area contributed by atoms with Gasteiger partial charge in [0.2, 0.25) is 0 Å². The highest BCUT2D eigenvalue weighted by Gasteiger charge is 2.42. The molecule has 1 nitrogen and oxygen atoms in total. The van der Waals surface area contributed by atoms with Gasteiger partial charge in [0, 0.05) is 17.3 Å². The summed E-state index contributed by atoms with van der Waals surface area (Å²) < 4.78 is 0. The van der Waals surface area contributed by atoms with E-state index in [2.05, 4.69) is 36.2 Å². The molecule has 5 unspecified atom stereocenters. The molecule has 2 heteroatoms. The molecule has 0 bridgehead atoms. The maximum atomic E-state index is 3.95. The van der Waals surface area contributed by atoms with E-state index in [1.165, 1.54) is 37.9 Å². The first-order valence-corrected chi connectivity index (χ1v) is 7.97. The molecule has 3 rings (SSSR count). The van der Waals surface area contributed by atoms with Gasteiger partial charge in [-0.15, -0.1) is 0 Å². The van der Waals surface area contributed by atoms with Crippen LogP contribution < -0.4 is 5.32 Å². The Morgan fingerprint density at radius 2 is 2.25 bits per heavy atom. The van der Waals surface area contributed by atoms with Crippen molar-refractivity contribution in [3.8, 4) is 0 Å². The molecule has 16 heavy (non-hydrogen) atoms. The summed E-state index contributed by atoms with van der Waals surface area (Å²) in [6, 6.07) is 1.62. The smallest absolute Gasteiger partial charge is 0.0201 e. The van der Waals surface area contributed by atoms with E-state index in [9.17, 15) is 0 Å². The van der Waals surface area contributed by atoms with Gasteiger partial charge in [0.15, 0.2) is 0 Å². The summed E-state index contributed by atoms with van der Waals surface area (Å²) in [7, 11) is 0. The maximum absolute atomic E-state index is 3.95. The molecular weight excluding hydrogens is 214 g/mol. The summed E-state index contributed by atoms with van der Waals surface area (Å²) in [4.78, 5) is 0. The van der Waals surface area contributed by atoms with E-state index in [0.29, 0.717) is 0 Å². The van der Waals surface area contributed by atoms with Crippen molar-refractivity contribution in [3.05, 3.63) is 12.2 Å². The molecule has 0 heterocycles. The molecule has 3 aliphatic carbocycles. The Morgan fingerprint density at radius 3 is 3.06 bits per heavy atom. The minimum Gasteiger partial charge on any atom is -0.310 e. The van der Waals surface area contributed by atoms with Gasteiger partial charge in [0.25, 0.3) is 0 Å². The van der Waals surface area contributed by atoms with Gasteiger partial charge in [-0.25, -0.2) is 0 Å². The zero-order valence-electron chi connectivity index (χ0n) is 10.2. The third-order valence-electron chi connectivity index (χ3n) is 4.62. The number of nitrogens with one attached hydrogen (secondary N) is 1. The lowest BCUT2D eigenvalue weighted by Gasteiger charge is -2.43. The molecule has 0 aromatic rings. The van der Waals surface area contributed by atoms with E-state index < -0.39 is 0 Å². The molecule has 3 aliphatic rings. The van der Waals surface area contributed by atoms with Crippen molar-refractivity contribution in [2.24, 2.45) is 11.8 Å². The van der Waals surface area contributed by atoms with Crippen LogP contribution in [0.4, 0.5) is 0 Å². The molecule has 5 atom stereocenters. The minimum atomic E-state index is 0.810. The summed E-state index contributed by atoms with van der Waals surface area (Å²) in [6.07, 6.45) is 11.9. The van der Waals surface area contributed by atoms with E-state index in [4.69, 9.17) is 0 Å². The molecule has 2 saturated carbocycles. The van der Waals surface area contributed by atoms with E-state index in [-0.39, 0.29) is 0 Å². The lowest BCUT2D eigenvalue weighted by molar-refractivity contribution is 0.151. The first-order valence-electron chi connectivity index (χ1n) is 6.92. The molecular formula is C14H23NS. The monoisotopic (exact) mass is 237 g/mol. The van der Waals surface area contributed by atoms with Gasteiger partial charge < -0.3 is 5.32 Å². The highest BCUT2D eigenvalue weighted by Crippen LogP contribution is 2.43. The summed E-state index contributed by atoms with van der Waals surface area (Å²) in [5, 5.41) is 4.85. The van der Waals surface area contributed by atoms with Crippen LogP contribution in [0.5, 0.6) is 0 Å². The first kappa shape index (κ1) is 11.2. The average molecular weight is 237 g/mol. The average Bonchev–Trinajstić information content (AvgIpc) is 2.83. The van der Waals surface area contributed by atoms with Crippen LogP contribution in [0.25, 0.3) is 0 Å². The molecule has 0 spiro atoms. The molecule has 1 N–H and O–H groups in total. The lowest BCUT2D eigenvalue weighted by Crippen LogP contribution is -2.53. The van der Waals surface area contributed by atoms with Crippen LogP contribution in [0, 0.1) is 11.8 Å². The Morgan fingerprint density at radius 1 is 1.31 bits per heavy atom. The summed E-state index contributed by atoms with van der Waals surface area (Å²) >= 11 is 2.17. The number of hydrogen-bond acceptors (Lipinski definition) is 2. The summed E-state index contributed by atoms with van der Waals surface area (Å²) in [5.74, 6) is 3.16. The van der Waals surface area contributed by atoms with Crippen molar-refractivity contribution in [2.45, 2.75) is 56.4 Å². The van der Waals surface area contributed by atoms with Crippen LogP contribution in [0.15, 0.2) is 12.2 Å². The van der Waals surface area contributed by atoms with E-state index >= 15 is 0 Å². The molecule has 0 amide bonds. The third-order valence-corrected chi connectivity index (χ3v) is 5.95. The van der Waals surface area contributed by atoms with Gasteiger partial charge in [0.05, 0.1) is 0 Å². The van der Waals surface area contributed by atoms with Crippen LogP contribution in [0.2, 0.25) is 0 Å². The first-order chi connectivity index (χ1) is 7.88. The maximum Gasteiger partial charge on any atom is 0.0201 e. The molecule has 0 aliphatic heterocycles. The van der Waals surface area contributed by atoms with Crippen molar-refractivity contribution in [3.63, 3.8) is 0 Å². The SMILES string of the molecule is CCSC1CCCC1NC1CC2CC=CC21. The molecule has 90 valence electrons. The summed E-state index contributed by atoms with van der Waals surface area (Å²) in [6.45, 7) is 2.29. The highest BCUT2D eigenvalue weighted by molar-refractivity contribution is 7.99. The predicted octanol–water partition coefficient (Wildman–Crippen LogP) is 3.21. The standard InChI is InChI=1S/C14H23NS/c1-2-16-14-8-4-7-12(14)15-13-9-10-5-3-6-11(10)13/h3,6,10-15H,2,4-5,7-9H2,1H3. The van der Waals surface area contributed by atoms with Gasteiger partial charge in [-0.05, 0) is 43.3 Å². The predicted molar refractivity (Wildman–Crippen MR) is 71.8 cm³/mol. The number of allylic oxidation sites excluding steroid dienone is 1. The molecule has 0 saturated heterocycles. The number of thioether (sulfide) groups is 1. The Balaban J connectivity index is 1.52. The minimum absolute atomic E-state index is 0.810.